The topological polar surface area (TPSA) is 18.5 Å². The van der Waals surface area contributed by atoms with Crippen LogP contribution in [0.4, 0.5) is 0 Å². The molecule has 0 amide bonds. The van der Waals surface area contributed by atoms with Gasteiger partial charge in [-0.05, 0) is 19.8 Å². The van der Waals surface area contributed by atoms with Gasteiger partial charge >= 0.3 is 0 Å². The van der Waals surface area contributed by atoms with E-state index < -0.39 is 0 Å². The van der Waals surface area contributed by atoms with Crippen LogP contribution in [0.3, 0.4) is 0 Å². The summed E-state index contributed by atoms with van der Waals surface area (Å²) in [6, 6.07) is 0. The van der Waals surface area contributed by atoms with E-state index in [-0.39, 0.29) is 0 Å². The Kier molecular flexibility index (Phi) is 33.8. The van der Waals surface area contributed by atoms with Gasteiger partial charge in [-0.2, -0.15) is 0 Å². The Morgan fingerprint density at radius 2 is 0.514 bits per heavy atom. The fourth-order valence-corrected chi connectivity index (χ4v) is 5.03. The summed E-state index contributed by atoms with van der Waals surface area (Å²) in [6.45, 7) is 7.81. The van der Waals surface area contributed by atoms with Crippen LogP contribution in [0.5, 0.6) is 0 Å². The molecule has 0 aliphatic rings. The van der Waals surface area contributed by atoms with E-state index in [0.717, 1.165) is 32.8 Å². The van der Waals surface area contributed by atoms with Gasteiger partial charge in [0, 0.05) is 26.4 Å². The van der Waals surface area contributed by atoms with Crippen molar-refractivity contribution >= 4 is 0 Å². The molecule has 0 aliphatic carbocycles. The quantitative estimate of drug-likeness (QED) is 0.0862. The first kappa shape index (κ1) is 34.9. The molecule has 0 saturated heterocycles. The number of hydrogen-bond donors (Lipinski definition) is 0. The Labute approximate surface area is 223 Å². The predicted molar refractivity (Wildman–Crippen MR) is 158 cm³/mol. The summed E-state index contributed by atoms with van der Waals surface area (Å²) in [5.41, 5.74) is 0. The molecule has 0 bridgehead atoms. The van der Waals surface area contributed by atoms with Crippen LogP contribution in [0.2, 0.25) is 0 Å². The third-order valence-corrected chi connectivity index (χ3v) is 7.42. The number of hydrogen-bond acceptors (Lipinski definition) is 2. The summed E-state index contributed by atoms with van der Waals surface area (Å²) in [7, 11) is 0. The largest absolute Gasteiger partial charge is 0.382 e. The molecule has 2 heteroatoms. The Morgan fingerprint density at radius 3 is 0.829 bits per heavy atom. The Morgan fingerprint density at radius 1 is 0.257 bits per heavy atom. The van der Waals surface area contributed by atoms with Gasteiger partial charge in [0.1, 0.15) is 0 Å². The zero-order valence-electron chi connectivity index (χ0n) is 24.7. The number of rotatable bonds is 32. The predicted octanol–water partition coefficient (Wildman–Crippen LogP) is 11.6. The van der Waals surface area contributed by atoms with E-state index in [0.29, 0.717) is 0 Å². The van der Waals surface area contributed by atoms with Gasteiger partial charge in [-0.1, -0.05) is 167 Å². The van der Waals surface area contributed by atoms with E-state index in [9.17, 15) is 0 Å². The first-order valence-electron chi connectivity index (χ1n) is 16.6. The molecule has 0 aromatic rings. The van der Waals surface area contributed by atoms with Gasteiger partial charge in [-0.25, -0.2) is 0 Å². The standard InChI is InChI=1S/C33H68O2/c1-3-5-6-7-8-9-10-11-12-13-14-15-16-17-18-19-20-21-22-23-24-25-26-27-28-29-31-35-33-30-32-34-4-2/h3-33H2,1-2H3. The second-order valence-corrected chi connectivity index (χ2v) is 11.0. The molecule has 212 valence electrons. The van der Waals surface area contributed by atoms with Gasteiger partial charge in [0.2, 0.25) is 0 Å². The van der Waals surface area contributed by atoms with Crippen LogP contribution in [-0.4, -0.2) is 26.4 Å². The minimum absolute atomic E-state index is 0.819. The van der Waals surface area contributed by atoms with Gasteiger partial charge in [0.15, 0.2) is 0 Å². The van der Waals surface area contributed by atoms with Crippen molar-refractivity contribution < 1.29 is 9.47 Å². The maximum Gasteiger partial charge on any atom is 0.0487 e. The first-order chi connectivity index (χ1) is 17.4. The number of unbranched alkanes of at least 4 members (excludes halogenated alkanes) is 25. The van der Waals surface area contributed by atoms with Gasteiger partial charge in [0.05, 0.1) is 0 Å². The van der Waals surface area contributed by atoms with E-state index in [4.69, 9.17) is 9.47 Å². The summed E-state index contributed by atoms with van der Waals surface area (Å²) >= 11 is 0. The Hall–Kier alpha value is -0.0800. The summed E-state index contributed by atoms with van der Waals surface area (Å²) in [6.07, 6.45) is 38.7. The maximum absolute atomic E-state index is 5.65. The lowest BCUT2D eigenvalue weighted by molar-refractivity contribution is 0.0860. The second kappa shape index (κ2) is 33.9. The van der Waals surface area contributed by atoms with Gasteiger partial charge in [-0.3, -0.25) is 0 Å². The summed E-state index contributed by atoms with van der Waals surface area (Å²) in [4.78, 5) is 0. The third kappa shape index (κ3) is 33.9. The maximum atomic E-state index is 5.65. The third-order valence-electron chi connectivity index (χ3n) is 7.42. The lowest BCUT2D eigenvalue weighted by atomic mass is 10.0. The van der Waals surface area contributed by atoms with E-state index in [1.165, 1.54) is 167 Å². The average molecular weight is 497 g/mol. The van der Waals surface area contributed by atoms with Gasteiger partial charge in [-0.15, -0.1) is 0 Å². The highest BCUT2D eigenvalue weighted by Crippen LogP contribution is 2.16. The molecule has 0 rings (SSSR count). The molecule has 35 heavy (non-hydrogen) atoms. The lowest BCUT2D eigenvalue weighted by Crippen LogP contribution is -2.01. The van der Waals surface area contributed by atoms with E-state index in [1.807, 2.05) is 6.92 Å². The summed E-state index contributed by atoms with van der Waals surface area (Å²) in [5.74, 6) is 0. The van der Waals surface area contributed by atoms with Crippen molar-refractivity contribution in [1.29, 1.82) is 0 Å². The monoisotopic (exact) mass is 497 g/mol. The summed E-state index contributed by atoms with van der Waals surface area (Å²) < 4.78 is 11.0. The van der Waals surface area contributed by atoms with Crippen molar-refractivity contribution in [1.82, 2.24) is 0 Å². The van der Waals surface area contributed by atoms with Crippen molar-refractivity contribution in [3.05, 3.63) is 0 Å². The highest BCUT2D eigenvalue weighted by atomic mass is 16.5. The zero-order valence-corrected chi connectivity index (χ0v) is 24.7. The lowest BCUT2D eigenvalue weighted by Gasteiger charge is -2.05. The fourth-order valence-electron chi connectivity index (χ4n) is 5.03. The molecule has 2 nitrogen and oxygen atoms in total. The van der Waals surface area contributed by atoms with E-state index in [1.54, 1.807) is 0 Å². The molecule has 0 saturated carbocycles. The molecular formula is C33H68O2. The van der Waals surface area contributed by atoms with Crippen LogP contribution in [0.15, 0.2) is 0 Å². The zero-order chi connectivity index (χ0) is 25.3. The van der Waals surface area contributed by atoms with Crippen molar-refractivity contribution in [2.45, 2.75) is 187 Å². The molecule has 0 fully saturated rings. The molecule has 0 aromatic heterocycles. The molecule has 0 spiro atoms. The van der Waals surface area contributed by atoms with Gasteiger partial charge < -0.3 is 9.47 Å². The molecule has 0 atom stereocenters. The molecular weight excluding hydrogens is 428 g/mol. The van der Waals surface area contributed by atoms with E-state index >= 15 is 0 Å². The minimum Gasteiger partial charge on any atom is -0.382 e. The fraction of sp³-hybridized carbons (Fsp3) is 1.00. The smallest absolute Gasteiger partial charge is 0.0487 e. The molecule has 0 aliphatic heterocycles. The van der Waals surface area contributed by atoms with Crippen LogP contribution < -0.4 is 0 Å². The molecule has 0 N–H and O–H groups in total. The molecule has 0 heterocycles. The van der Waals surface area contributed by atoms with Crippen LogP contribution in [-0.2, 0) is 9.47 Å². The van der Waals surface area contributed by atoms with Crippen molar-refractivity contribution in [3.8, 4) is 0 Å². The first-order valence-corrected chi connectivity index (χ1v) is 16.6. The Balaban J connectivity index is 3.00. The second-order valence-electron chi connectivity index (χ2n) is 11.0. The van der Waals surface area contributed by atoms with Crippen LogP contribution >= 0.6 is 0 Å². The van der Waals surface area contributed by atoms with Crippen molar-refractivity contribution in [3.63, 3.8) is 0 Å². The summed E-state index contributed by atoms with van der Waals surface area (Å²) in [5, 5.41) is 0. The van der Waals surface area contributed by atoms with Crippen LogP contribution in [0, 0.1) is 0 Å². The van der Waals surface area contributed by atoms with Crippen LogP contribution in [0.25, 0.3) is 0 Å². The van der Waals surface area contributed by atoms with Crippen molar-refractivity contribution in [2.24, 2.45) is 0 Å². The molecule has 0 radical (unpaired) electrons. The van der Waals surface area contributed by atoms with Crippen molar-refractivity contribution in [2.75, 3.05) is 26.4 Å². The Bertz CT molecular complexity index is 312. The normalized spacial score (nSPS) is 11.5. The SMILES string of the molecule is CCCCCCCCCCCCCCCCCCCCCCCCCCCCOCCCOCC. The minimum atomic E-state index is 0.819. The average Bonchev–Trinajstić information content (AvgIpc) is 2.87. The highest BCUT2D eigenvalue weighted by Gasteiger charge is 1.97. The van der Waals surface area contributed by atoms with Gasteiger partial charge in [0.25, 0.3) is 0 Å². The van der Waals surface area contributed by atoms with Crippen LogP contribution in [0.1, 0.15) is 187 Å². The molecule has 0 unspecified atom stereocenters. The molecule has 0 aromatic carbocycles. The number of ether oxygens (including phenoxy) is 2. The van der Waals surface area contributed by atoms with E-state index in [2.05, 4.69) is 6.92 Å². The highest BCUT2D eigenvalue weighted by molar-refractivity contribution is 4.52.